The number of aryl methyl sites for hydroxylation is 1. The Kier molecular flexibility index (Phi) is 4.04. The third-order valence-corrected chi connectivity index (χ3v) is 3.52. The fourth-order valence-electron chi connectivity index (χ4n) is 1.21. The zero-order valence-electron chi connectivity index (χ0n) is 9.05. The maximum atomic E-state index is 5.80. The van der Waals surface area contributed by atoms with E-state index in [2.05, 4.69) is 10.3 Å². The lowest BCUT2D eigenvalue weighted by Crippen LogP contribution is -2.05. The molecule has 0 aliphatic carbocycles. The highest BCUT2D eigenvalue weighted by Crippen LogP contribution is 2.20. The molecule has 17 heavy (non-hydrogen) atoms. The van der Waals surface area contributed by atoms with Crippen LogP contribution in [-0.4, -0.2) is 13.9 Å². The van der Waals surface area contributed by atoms with E-state index < -0.39 is 0 Å². The molecule has 0 aliphatic heterocycles. The van der Waals surface area contributed by atoms with E-state index >= 15 is 0 Å². The number of nitrogens with zero attached hydrogens (tertiary/aromatic N) is 2. The fraction of sp³-hybridized carbons (Fsp3) is 0.0909. The van der Waals surface area contributed by atoms with Crippen molar-refractivity contribution in [2.75, 3.05) is 5.32 Å². The van der Waals surface area contributed by atoms with Crippen LogP contribution in [-0.2, 0) is 7.05 Å². The van der Waals surface area contributed by atoms with Crippen LogP contribution in [0, 0.1) is 0 Å². The topological polar surface area (TPSA) is 29.9 Å². The van der Waals surface area contributed by atoms with Crippen molar-refractivity contribution in [3.8, 4) is 0 Å². The summed E-state index contributed by atoms with van der Waals surface area (Å²) in [4.78, 5) is 4.19. The van der Waals surface area contributed by atoms with Gasteiger partial charge in [0, 0.05) is 30.2 Å². The molecular weight excluding hydrogens is 274 g/mol. The molecule has 3 nitrogen and oxygen atoms in total. The lowest BCUT2D eigenvalue weighted by atomic mass is 10.3. The second kappa shape index (κ2) is 5.53. The number of halogens is 1. The summed E-state index contributed by atoms with van der Waals surface area (Å²) >= 11 is 12.5. The van der Waals surface area contributed by atoms with E-state index in [1.807, 2.05) is 42.1 Å². The normalized spacial score (nSPS) is 10.2. The number of thiocarbonyl (C=S) groups is 1. The number of benzene rings is 1. The van der Waals surface area contributed by atoms with Crippen molar-refractivity contribution in [1.29, 1.82) is 0 Å². The van der Waals surface area contributed by atoms with Crippen LogP contribution >= 0.6 is 35.6 Å². The third-order valence-electron chi connectivity index (χ3n) is 2.05. The Labute approximate surface area is 114 Å². The van der Waals surface area contributed by atoms with Gasteiger partial charge in [-0.05, 0) is 36.0 Å². The number of rotatable bonds is 2. The predicted molar refractivity (Wildman–Crippen MR) is 76.7 cm³/mol. The maximum absolute atomic E-state index is 5.80. The molecule has 0 spiro atoms. The summed E-state index contributed by atoms with van der Waals surface area (Å²) in [6.45, 7) is 0. The Bertz CT molecular complexity index is 522. The molecule has 1 aromatic heterocycles. The van der Waals surface area contributed by atoms with Gasteiger partial charge in [-0.15, -0.1) is 0 Å². The minimum absolute atomic E-state index is 0.654. The van der Waals surface area contributed by atoms with Crippen molar-refractivity contribution in [3.05, 3.63) is 41.7 Å². The lowest BCUT2D eigenvalue weighted by molar-refractivity contribution is 0.793. The van der Waals surface area contributed by atoms with E-state index in [1.165, 1.54) is 11.8 Å². The average Bonchev–Trinajstić information content (AvgIpc) is 2.68. The second-order valence-corrected chi connectivity index (χ2v) is 5.42. The van der Waals surface area contributed by atoms with Crippen LogP contribution in [0.15, 0.2) is 41.8 Å². The van der Waals surface area contributed by atoms with Crippen molar-refractivity contribution in [2.45, 2.75) is 5.16 Å². The minimum atomic E-state index is 0.654. The quantitative estimate of drug-likeness (QED) is 0.674. The highest BCUT2D eigenvalue weighted by atomic mass is 35.5. The number of hydrogen-bond donors (Lipinski definition) is 1. The van der Waals surface area contributed by atoms with Crippen LogP contribution in [0.1, 0.15) is 0 Å². The van der Waals surface area contributed by atoms with Crippen LogP contribution in [0.3, 0.4) is 0 Å². The first kappa shape index (κ1) is 12.4. The van der Waals surface area contributed by atoms with Crippen molar-refractivity contribution in [3.63, 3.8) is 0 Å². The molecule has 2 aromatic rings. The highest BCUT2D eigenvalue weighted by Gasteiger charge is 2.05. The largest absolute Gasteiger partial charge is 0.341 e. The van der Waals surface area contributed by atoms with Gasteiger partial charge in [0.05, 0.1) is 0 Å². The van der Waals surface area contributed by atoms with Crippen LogP contribution in [0.25, 0.3) is 0 Å². The molecule has 2 rings (SSSR count). The van der Waals surface area contributed by atoms with Crippen molar-refractivity contribution in [2.24, 2.45) is 7.05 Å². The van der Waals surface area contributed by atoms with Crippen LogP contribution in [0.4, 0.5) is 5.69 Å². The molecule has 1 N–H and O–H groups in total. The SMILES string of the molecule is Cn1ccnc1SC(=S)Nc1ccc(Cl)cc1. The molecule has 0 amide bonds. The predicted octanol–water partition coefficient (Wildman–Crippen LogP) is 3.56. The summed E-state index contributed by atoms with van der Waals surface area (Å²) in [7, 11) is 1.93. The number of thioether (sulfide) groups is 1. The van der Waals surface area contributed by atoms with Crippen molar-refractivity contribution in [1.82, 2.24) is 9.55 Å². The van der Waals surface area contributed by atoms with E-state index in [-0.39, 0.29) is 0 Å². The summed E-state index contributed by atoms with van der Waals surface area (Å²) in [6.07, 6.45) is 3.63. The third kappa shape index (κ3) is 3.46. The van der Waals surface area contributed by atoms with Crippen molar-refractivity contribution >= 4 is 45.6 Å². The standard InChI is InChI=1S/C11H10ClN3S2/c1-15-7-6-13-10(15)17-11(16)14-9-4-2-8(12)3-5-9/h2-7H,1H3,(H,14,16). The molecule has 0 radical (unpaired) electrons. The first-order chi connectivity index (χ1) is 8.15. The van der Waals surface area contributed by atoms with Gasteiger partial charge in [0.25, 0.3) is 0 Å². The maximum Gasteiger partial charge on any atom is 0.174 e. The molecule has 0 atom stereocenters. The summed E-state index contributed by atoms with van der Waals surface area (Å²) in [5.74, 6) is 0. The zero-order chi connectivity index (χ0) is 12.3. The number of hydrogen-bond acceptors (Lipinski definition) is 3. The summed E-state index contributed by atoms with van der Waals surface area (Å²) in [5.41, 5.74) is 0.918. The van der Waals surface area contributed by atoms with Crippen molar-refractivity contribution < 1.29 is 0 Å². The van der Waals surface area contributed by atoms with Gasteiger partial charge in [-0.2, -0.15) is 0 Å². The Hall–Kier alpha value is -1.04. The van der Waals surface area contributed by atoms with Gasteiger partial charge in [0.1, 0.15) is 4.32 Å². The second-order valence-electron chi connectivity index (χ2n) is 3.34. The molecular formula is C11H10ClN3S2. The van der Waals surface area contributed by atoms with E-state index in [4.69, 9.17) is 23.8 Å². The molecule has 6 heteroatoms. The summed E-state index contributed by atoms with van der Waals surface area (Å²) in [6, 6.07) is 7.40. The molecule has 0 saturated carbocycles. The van der Waals surface area contributed by atoms with Gasteiger partial charge >= 0.3 is 0 Å². The van der Waals surface area contributed by atoms with Gasteiger partial charge in [0.15, 0.2) is 5.16 Å². The van der Waals surface area contributed by atoms with Gasteiger partial charge < -0.3 is 9.88 Å². The summed E-state index contributed by atoms with van der Waals surface area (Å²) in [5, 5.41) is 4.68. The fourth-order valence-corrected chi connectivity index (χ4v) is 2.33. The Balaban J connectivity index is 1.98. The lowest BCUT2D eigenvalue weighted by Gasteiger charge is -2.07. The Morgan fingerprint density at radius 3 is 2.71 bits per heavy atom. The highest BCUT2D eigenvalue weighted by molar-refractivity contribution is 8.23. The van der Waals surface area contributed by atoms with E-state index in [0.717, 1.165) is 10.8 Å². The number of imidazole rings is 1. The monoisotopic (exact) mass is 283 g/mol. The first-order valence-corrected chi connectivity index (χ1v) is 6.47. The minimum Gasteiger partial charge on any atom is -0.341 e. The van der Waals surface area contributed by atoms with Gasteiger partial charge in [-0.25, -0.2) is 4.98 Å². The molecule has 0 fully saturated rings. The summed E-state index contributed by atoms with van der Waals surface area (Å²) < 4.78 is 2.57. The van der Waals surface area contributed by atoms with E-state index in [9.17, 15) is 0 Å². The zero-order valence-corrected chi connectivity index (χ0v) is 11.4. The molecule has 1 aromatic carbocycles. The smallest absolute Gasteiger partial charge is 0.174 e. The molecule has 0 unspecified atom stereocenters. The van der Waals surface area contributed by atoms with E-state index in [0.29, 0.717) is 9.34 Å². The molecule has 0 aliphatic rings. The number of anilines is 1. The number of nitrogens with one attached hydrogen (secondary N) is 1. The van der Waals surface area contributed by atoms with Gasteiger partial charge in [-0.3, -0.25) is 0 Å². The van der Waals surface area contributed by atoms with Crippen LogP contribution in [0.2, 0.25) is 5.02 Å². The molecule has 0 saturated heterocycles. The molecule has 0 bridgehead atoms. The van der Waals surface area contributed by atoms with Gasteiger partial charge in [-0.1, -0.05) is 23.8 Å². The Morgan fingerprint density at radius 2 is 2.12 bits per heavy atom. The van der Waals surface area contributed by atoms with E-state index in [1.54, 1.807) is 6.20 Å². The molecule has 88 valence electrons. The average molecular weight is 284 g/mol. The molecule has 1 heterocycles. The Morgan fingerprint density at radius 1 is 1.41 bits per heavy atom. The first-order valence-electron chi connectivity index (χ1n) is 4.87. The number of aromatic nitrogens is 2. The van der Waals surface area contributed by atoms with Crippen LogP contribution in [0.5, 0.6) is 0 Å². The van der Waals surface area contributed by atoms with Gasteiger partial charge in [0.2, 0.25) is 0 Å². The van der Waals surface area contributed by atoms with Crippen LogP contribution < -0.4 is 5.32 Å².